The van der Waals surface area contributed by atoms with Gasteiger partial charge >= 0.3 is 0 Å². The number of benzene rings is 2. The second-order valence-electron chi connectivity index (χ2n) is 8.64. The Kier molecular flexibility index (Phi) is 5.04. The van der Waals surface area contributed by atoms with Crippen LogP contribution in [0.3, 0.4) is 0 Å². The van der Waals surface area contributed by atoms with Crippen LogP contribution in [0.2, 0.25) is 5.02 Å². The molecule has 0 spiro atoms. The number of hydrogen-bond acceptors (Lipinski definition) is 5. The van der Waals surface area contributed by atoms with E-state index in [4.69, 9.17) is 16.3 Å². The van der Waals surface area contributed by atoms with Gasteiger partial charge in [0, 0.05) is 54.1 Å². The van der Waals surface area contributed by atoms with Crippen LogP contribution in [0.15, 0.2) is 66.9 Å². The van der Waals surface area contributed by atoms with Gasteiger partial charge in [0.1, 0.15) is 5.82 Å². The first-order chi connectivity index (χ1) is 16.6. The molecule has 172 valence electrons. The summed E-state index contributed by atoms with van der Waals surface area (Å²) in [6.07, 6.45) is 1.63. The zero-order chi connectivity index (χ0) is 23.3. The maximum absolute atomic E-state index is 13.9. The minimum atomic E-state index is -1.02. The first-order valence-electron chi connectivity index (χ1n) is 11.4. The van der Waals surface area contributed by atoms with Gasteiger partial charge in [0.05, 0.1) is 18.8 Å². The lowest BCUT2D eigenvalue weighted by atomic mass is 9.89. The van der Waals surface area contributed by atoms with Gasteiger partial charge in [0.2, 0.25) is 0 Å². The molecule has 3 aliphatic heterocycles. The minimum absolute atomic E-state index is 0.0679. The maximum atomic E-state index is 13.9. The van der Waals surface area contributed by atoms with E-state index in [1.807, 2.05) is 48.5 Å². The number of morpholine rings is 1. The molecule has 34 heavy (non-hydrogen) atoms. The van der Waals surface area contributed by atoms with E-state index in [0.717, 1.165) is 30.0 Å². The van der Waals surface area contributed by atoms with Crippen molar-refractivity contribution < 1.29 is 14.3 Å². The van der Waals surface area contributed by atoms with Crippen LogP contribution in [-0.4, -0.2) is 66.0 Å². The van der Waals surface area contributed by atoms with Crippen LogP contribution in [0.4, 0.5) is 5.82 Å². The second-order valence-corrected chi connectivity index (χ2v) is 9.08. The van der Waals surface area contributed by atoms with E-state index in [0.29, 0.717) is 42.5 Å². The highest BCUT2D eigenvalue weighted by atomic mass is 35.5. The van der Waals surface area contributed by atoms with Crippen molar-refractivity contribution in [3.8, 4) is 0 Å². The number of fused-ring (bicyclic) bond motifs is 3. The molecule has 7 nitrogen and oxygen atoms in total. The molecule has 0 aliphatic carbocycles. The summed E-state index contributed by atoms with van der Waals surface area (Å²) in [5.41, 5.74) is 1.74. The molecule has 1 atom stereocenters. The van der Waals surface area contributed by atoms with Crippen LogP contribution in [0, 0.1) is 0 Å². The van der Waals surface area contributed by atoms with E-state index >= 15 is 0 Å². The largest absolute Gasteiger partial charge is 0.378 e. The molecule has 1 unspecified atom stereocenters. The quantitative estimate of drug-likeness (QED) is 0.582. The molecule has 2 amide bonds. The highest BCUT2D eigenvalue weighted by molar-refractivity contribution is 6.30. The summed E-state index contributed by atoms with van der Waals surface area (Å²) in [6, 6.07) is 18.6. The molecule has 0 bridgehead atoms. The number of aromatic nitrogens is 1. The third kappa shape index (κ3) is 3.04. The summed E-state index contributed by atoms with van der Waals surface area (Å²) in [6.45, 7) is 3.76. The summed E-state index contributed by atoms with van der Waals surface area (Å²) in [5.74, 6) is 0.598. The highest BCUT2D eigenvalue weighted by Crippen LogP contribution is 2.50. The highest BCUT2D eigenvalue weighted by Gasteiger charge is 2.59. The lowest BCUT2D eigenvalue weighted by molar-refractivity contribution is 0.0375. The fraction of sp³-hybridized carbons (Fsp3) is 0.269. The van der Waals surface area contributed by atoms with Gasteiger partial charge < -0.3 is 19.4 Å². The van der Waals surface area contributed by atoms with Gasteiger partial charge in [-0.05, 0) is 30.3 Å². The summed E-state index contributed by atoms with van der Waals surface area (Å²) < 4.78 is 5.42. The molecule has 0 saturated carbocycles. The molecule has 2 fully saturated rings. The van der Waals surface area contributed by atoms with Crippen molar-refractivity contribution in [2.24, 2.45) is 0 Å². The smallest absolute Gasteiger partial charge is 0.257 e. The molecular formula is C26H23ClN4O3. The molecule has 0 radical (unpaired) electrons. The van der Waals surface area contributed by atoms with Gasteiger partial charge in [-0.2, -0.15) is 0 Å². The number of pyridine rings is 1. The van der Waals surface area contributed by atoms with Gasteiger partial charge in [-0.25, -0.2) is 4.98 Å². The van der Waals surface area contributed by atoms with E-state index in [2.05, 4.69) is 9.88 Å². The Balaban J connectivity index is 1.43. The Bertz CT molecular complexity index is 1260. The summed E-state index contributed by atoms with van der Waals surface area (Å²) in [5, 5.41) is 0.600. The molecule has 2 aromatic carbocycles. The molecule has 3 aliphatic rings. The standard InChI is InChI=1S/C26H23ClN4O3/c27-20-8-6-19(7-9-20)26-22-4-2-1-3-21(22)25(33)31(26)12-11-30(26)24(32)18-5-10-23(28-17-18)29-13-15-34-16-14-29/h1-10,17H,11-16H2. The lowest BCUT2D eigenvalue weighted by Crippen LogP contribution is -2.51. The van der Waals surface area contributed by atoms with Crippen LogP contribution >= 0.6 is 11.6 Å². The number of amides is 2. The van der Waals surface area contributed by atoms with Gasteiger partial charge in [-0.1, -0.05) is 41.9 Å². The van der Waals surface area contributed by atoms with Crippen molar-refractivity contribution in [1.29, 1.82) is 0 Å². The monoisotopic (exact) mass is 474 g/mol. The number of ether oxygens (including phenoxy) is 1. The number of nitrogens with zero attached hydrogens (tertiary/aromatic N) is 4. The van der Waals surface area contributed by atoms with Crippen molar-refractivity contribution in [3.05, 3.63) is 94.1 Å². The second kappa shape index (κ2) is 8.11. The number of carbonyl (C=O) groups excluding carboxylic acids is 2. The Morgan fingerprint density at radius 2 is 1.71 bits per heavy atom. The van der Waals surface area contributed by atoms with E-state index in [9.17, 15) is 9.59 Å². The third-order valence-electron chi connectivity index (χ3n) is 6.93. The van der Waals surface area contributed by atoms with Gasteiger partial charge in [-0.15, -0.1) is 0 Å². The third-order valence-corrected chi connectivity index (χ3v) is 7.18. The topological polar surface area (TPSA) is 66.0 Å². The molecule has 2 saturated heterocycles. The van der Waals surface area contributed by atoms with Crippen molar-refractivity contribution >= 4 is 29.2 Å². The molecule has 4 heterocycles. The number of carbonyl (C=O) groups is 2. The maximum Gasteiger partial charge on any atom is 0.257 e. The van der Waals surface area contributed by atoms with Crippen molar-refractivity contribution in [3.63, 3.8) is 0 Å². The fourth-order valence-corrected chi connectivity index (χ4v) is 5.50. The average molecular weight is 475 g/mol. The predicted octanol–water partition coefficient (Wildman–Crippen LogP) is 3.38. The number of halogens is 1. The van der Waals surface area contributed by atoms with E-state index in [-0.39, 0.29) is 11.8 Å². The first-order valence-corrected chi connectivity index (χ1v) is 11.8. The lowest BCUT2D eigenvalue weighted by Gasteiger charge is -2.40. The Morgan fingerprint density at radius 3 is 2.44 bits per heavy atom. The predicted molar refractivity (Wildman–Crippen MR) is 128 cm³/mol. The van der Waals surface area contributed by atoms with Crippen molar-refractivity contribution in [2.45, 2.75) is 5.66 Å². The zero-order valence-corrected chi connectivity index (χ0v) is 19.2. The average Bonchev–Trinajstić information content (AvgIpc) is 3.40. The van der Waals surface area contributed by atoms with Crippen molar-refractivity contribution in [2.75, 3.05) is 44.3 Å². The first kappa shape index (κ1) is 21.1. The molecule has 8 heteroatoms. The van der Waals surface area contributed by atoms with Gasteiger partial charge in [0.15, 0.2) is 5.66 Å². The minimum Gasteiger partial charge on any atom is -0.378 e. The summed E-state index contributed by atoms with van der Waals surface area (Å²) in [4.78, 5) is 37.6. The van der Waals surface area contributed by atoms with Crippen LogP contribution in [-0.2, 0) is 10.4 Å². The van der Waals surface area contributed by atoms with Crippen LogP contribution in [0.1, 0.15) is 31.8 Å². The zero-order valence-electron chi connectivity index (χ0n) is 18.5. The molecule has 6 rings (SSSR count). The van der Waals surface area contributed by atoms with Crippen LogP contribution in [0.5, 0.6) is 0 Å². The molecular weight excluding hydrogens is 452 g/mol. The van der Waals surface area contributed by atoms with Crippen molar-refractivity contribution in [1.82, 2.24) is 14.8 Å². The van der Waals surface area contributed by atoms with E-state index < -0.39 is 5.66 Å². The summed E-state index contributed by atoms with van der Waals surface area (Å²) >= 11 is 6.18. The molecule has 0 N–H and O–H groups in total. The number of anilines is 1. The van der Waals surface area contributed by atoms with E-state index in [1.54, 1.807) is 28.1 Å². The summed E-state index contributed by atoms with van der Waals surface area (Å²) in [7, 11) is 0. The Hall–Kier alpha value is -3.42. The van der Waals surface area contributed by atoms with Crippen LogP contribution in [0.25, 0.3) is 0 Å². The Labute approximate surface area is 202 Å². The molecule has 3 aromatic rings. The normalized spacial score (nSPS) is 21.6. The number of rotatable bonds is 3. The van der Waals surface area contributed by atoms with Crippen LogP contribution < -0.4 is 4.90 Å². The Morgan fingerprint density at radius 1 is 0.941 bits per heavy atom. The van der Waals surface area contributed by atoms with E-state index in [1.165, 1.54) is 0 Å². The fourth-order valence-electron chi connectivity index (χ4n) is 5.37. The number of hydrogen-bond donors (Lipinski definition) is 0. The molecule has 1 aromatic heterocycles. The van der Waals surface area contributed by atoms with Gasteiger partial charge in [0.25, 0.3) is 11.8 Å². The van der Waals surface area contributed by atoms with Gasteiger partial charge in [-0.3, -0.25) is 9.59 Å². The SMILES string of the molecule is O=C(c1ccc(N2CCOCC2)nc1)N1CCN2C(=O)c3ccccc3C12c1ccc(Cl)cc1.